The van der Waals surface area contributed by atoms with Gasteiger partial charge in [-0.2, -0.15) is 0 Å². The maximum absolute atomic E-state index is 6.43. The molecule has 1 heterocycles. The van der Waals surface area contributed by atoms with Crippen LogP contribution in [-0.4, -0.2) is 0 Å². The average molecular weight is 372 g/mol. The Balaban J connectivity index is 1.80. The molecule has 0 aliphatic rings. The maximum Gasteiger partial charge on any atom is 0.158 e. The van der Waals surface area contributed by atoms with Crippen LogP contribution in [0.15, 0.2) is 65.1 Å². The summed E-state index contributed by atoms with van der Waals surface area (Å²) in [7, 11) is 0. The van der Waals surface area contributed by atoms with Crippen LogP contribution in [0.1, 0.15) is 52.7 Å². The molecule has 0 spiro atoms. The molecule has 0 radical (unpaired) electrons. The lowest BCUT2D eigenvalue weighted by molar-refractivity contribution is 0.573. The monoisotopic (exact) mass is 371 g/mol. The highest BCUT2D eigenvalue weighted by molar-refractivity contribution is 6.10. The Kier molecular flexibility index (Phi) is 4.26. The first-order valence-corrected chi connectivity index (χ1v) is 9.97. The highest BCUT2D eigenvalue weighted by atomic mass is 16.3. The lowest BCUT2D eigenvalue weighted by Crippen LogP contribution is -2.10. The Labute approximate surface area is 167 Å². The van der Waals surface area contributed by atoms with Crippen molar-refractivity contribution in [2.45, 2.75) is 52.4 Å². The fourth-order valence-corrected chi connectivity index (χ4v) is 3.72. The minimum Gasteiger partial charge on any atom is -0.454 e. The number of benzene rings is 3. The maximum atomic E-state index is 6.43. The second kappa shape index (κ2) is 6.41. The van der Waals surface area contributed by atoms with Crippen LogP contribution < -0.4 is 5.32 Å². The predicted molar refractivity (Wildman–Crippen MR) is 121 cm³/mol. The summed E-state index contributed by atoms with van der Waals surface area (Å²) in [6.07, 6.45) is 0. The van der Waals surface area contributed by atoms with Gasteiger partial charge in [0.05, 0.1) is 5.69 Å². The number of para-hydroxylation sites is 2. The quantitative estimate of drug-likeness (QED) is 0.387. The normalized spacial score (nSPS) is 12.6. The van der Waals surface area contributed by atoms with Gasteiger partial charge in [-0.1, -0.05) is 84.0 Å². The molecule has 0 atom stereocenters. The number of anilines is 2. The van der Waals surface area contributed by atoms with E-state index in [1.807, 2.05) is 0 Å². The van der Waals surface area contributed by atoms with Gasteiger partial charge in [0.1, 0.15) is 5.58 Å². The molecule has 0 fully saturated rings. The summed E-state index contributed by atoms with van der Waals surface area (Å²) in [4.78, 5) is 0. The molecule has 0 saturated carbocycles. The highest BCUT2D eigenvalue weighted by Crippen LogP contribution is 2.39. The molecule has 4 rings (SSSR count). The molecule has 0 unspecified atom stereocenters. The van der Waals surface area contributed by atoms with E-state index in [1.54, 1.807) is 0 Å². The number of furan rings is 1. The molecular formula is C26H29NO. The van der Waals surface area contributed by atoms with Crippen molar-refractivity contribution in [2.24, 2.45) is 0 Å². The lowest BCUT2D eigenvalue weighted by atomic mass is 9.86. The fourth-order valence-electron chi connectivity index (χ4n) is 3.72. The van der Waals surface area contributed by atoms with Crippen LogP contribution in [0.4, 0.5) is 11.4 Å². The minimum atomic E-state index is 0.0315. The van der Waals surface area contributed by atoms with Gasteiger partial charge < -0.3 is 9.73 Å². The van der Waals surface area contributed by atoms with Crippen LogP contribution >= 0.6 is 0 Å². The van der Waals surface area contributed by atoms with E-state index in [2.05, 4.69) is 108 Å². The third-order valence-electron chi connectivity index (χ3n) is 5.36. The van der Waals surface area contributed by atoms with Crippen LogP contribution in [0.25, 0.3) is 21.9 Å². The Hall–Kier alpha value is -2.74. The molecule has 1 N–H and O–H groups in total. The van der Waals surface area contributed by atoms with Crippen molar-refractivity contribution in [2.75, 3.05) is 5.32 Å². The largest absolute Gasteiger partial charge is 0.454 e. The van der Waals surface area contributed by atoms with Gasteiger partial charge in [0, 0.05) is 22.0 Å². The van der Waals surface area contributed by atoms with Gasteiger partial charge in [0.15, 0.2) is 5.58 Å². The van der Waals surface area contributed by atoms with E-state index < -0.39 is 0 Å². The minimum absolute atomic E-state index is 0.0315. The molecule has 2 heteroatoms. The molecule has 0 aliphatic carbocycles. The van der Waals surface area contributed by atoms with Gasteiger partial charge in [0.25, 0.3) is 0 Å². The summed E-state index contributed by atoms with van der Waals surface area (Å²) in [5.41, 5.74) is 6.71. The van der Waals surface area contributed by atoms with E-state index in [4.69, 9.17) is 4.42 Å². The van der Waals surface area contributed by atoms with Crippen molar-refractivity contribution >= 4 is 33.3 Å². The number of rotatable bonds is 2. The Bertz CT molecular complexity index is 1140. The van der Waals surface area contributed by atoms with Crippen molar-refractivity contribution in [3.8, 4) is 0 Å². The molecule has 1 aromatic heterocycles. The zero-order chi connectivity index (χ0) is 20.1. The van der Waals surface area contributed by atoms with Crippen LogP contribution in [0.2, 0.25) is 0 Å². The number of fused-ring (bicyclic) bond motifs is 3. The summed E-state index contributed by atoms with van der Waals surface area (Å²) in [5, 5.41) is 5.88. The summed E-state index contributed by atoms with van der Waals surface area (Å²) < 4.78 is 6.43. The van der Waals surface area contributed by atoms with Crippen LogP contribution in [0, 0.1) is 0 Å². The molecule has 144 valence electrons. The first kappa shape index (κ1) is 18.6. The number of hydrogen-bond acceptors (Lipinski definition) is 2. The van der Waals surface area contributed by atoms with Crippen molar-refractivity contribution in [3.63, 3.8) is 0 Å². The third kappa shape index (κ3) is 3.28. The van der Waals surface area contributed by atoms with Gasteiger partial charge >= 0.3 is 0 Å². The van der Waals surface area contributed by atoms with Gasteiger partial charge in [-0.15, -0.1) is 0 Å². The zero-order valence-electron chi connectivity index (χ0n) is 17.7. The first-order chi connectivity index (χ1) is 13.1. The lowest BCUT2D eigenvalue weighted by Gasteiger charge is -2.19. The first-order valence-electron chi connectivity index (χ1n) is 9.97. The average Bonchev–Trinajstić information content (AvgIpc) is 3.00. The van der Waals surface area contributed by atoms with Crippen LogP contribution in [0.3, 0.4) is 0 Å². The Morgan fingerprint density at radius 1 is 0.643 bits per heavy atom. The highest BCUT2D eigenvalue weighted by Gasteiger charge is 2.21. The summed E-state index contributed by atoms with van der Waals surface area (Å²) in [6, 6.07) is 21.4. The van der Waals surface area contributed by atoms with E-state index in [0.717, 1.165) is 27.9 Å². The van der Waals surface area contributed by atoms with Crippen molar-refractivity contribution in [1.29, 1.82) is 0 Å². The number of nitrogens with one attached hydrogen (secondary N) is 1. The Morgan fingerprint density at radius 3 is 1.86 bits per heavy atom. The molecular weight excluding hydrogens is 342 g/mol. The molecule has 3 aromatic carbocycles. The van der Waals surface area contributed by atoms with E-state index >= 15 is 0 Å². The van der Waals surface area contributed by atoms with Crippen LogP contribution in [0.5, 0.6) is 0 Å². The molecule has 4 aromatic rings. The molecule has 0 amide bonds. The molecule has 0 aliphatic heterocycles. The second-order valence-corrected chi connectivity index (χ2v) is 9.67. The topological polar surface area (TPSA) is 25.2 Å². The van der Waals surface area contributed by atoms with Gasteiger partial charge in [0.2, 0.25) is 0 Å². The molecule has 28 heavy (non-hydrogen) atoms. The standard InChI is InChI=1S/C26H29NO/c1-25(2,3)17-13-15-18(16-14-17)27-22-12-8-10-20-19-9-7-11-21(26(4,5)6)23(19)28-24(20)22/h7-16,27H,1-6H3. The summed E-state index contributed by atoms with van der Waals surface area (Å²) in [5.74, 6) is 0. The smallest absolute Gasteiger partial charge is 0.158 e. The van der Waals surface area contributed by atoms with Crippen molar-refractivity contribution < 1.29 is 4.42 Å². The fraction of sp³-hybridized carbons (Fsp3) is 0.308. The van der Waals surface area contributed by atoms with E-state index in [-0.39, 0.29) is 10.8 Å². The predicted octanol–water partition coefficient (Wildman–Crippen LogP) is 7.92. The SMILES string of the molecule is CC(C)(C)c1ccc(Nc2cccc3c2oc2c(C(C)(C)C)cccc23)cc1. The zero-order valence-corrected chi connectivity index (χ0v) is 17.7. The summed E-state index contributed by atoms with van der Waals surface area (Å²) in [6.45, 7) is 13.4. The van der Waals surface area contributed by atoms with E-state index in [1.165, 1.54) is 16.5 Å². The molecule has 0 saturated heterocycles. The van der Waals surface area contributed by atoms with Gasteiger partial charge in [-0.25, -0.2) is 0 Å². The molecule has 0 bridgehead atoms. The Morgan fingerprint density at radius 2 is 1.25 bits per heavy atom. The van der Waals surface area contributed by atoms with Gasteiger partial charge in [-0.05, 0) is 34.6 Å². The van der Waals surface area contributed by atoms with Crippen molar-refractivity contribution in [1.82, 2.24) is 0 Å². The van der Waals surface area contributed by atoms with E-state index in [9.17, 15) is 0 Å². The molecule has 2 nitrogen and oxygen atoms in total. The number of hydrogen-bond donors (Lipinski definition) is 1. The second-order valence-electron chi connectivity index (χ2n) is 9.67. The summed E-state index contributed by atoms with van der Waals surface area (Å²) >= 11 is 0. The third-order valence-corrected chi connectivity index (χ3v) is 5.36. The van der Waals surface area contributed by atoms with Gasteiger partial charge in [-0.3, -0.25) is 0 Å². The van der Waals surface area contributed by atoms with Crippen molar-refractivity contribution in [3.05, 3.63) is 71.8 Å². The van der Waals surface area contributed by atoms with E-state index in [0.29, 0.717) is 0 Å². The van der Waals surface area contributed by atoms with Crippen LogP contribution in [-0.2, 0) is 10.8 Å².